The number of carbonyl (C=O) groups excluding carboxylic acids is 2. The van der Waals surface area contributed by atoms with E-state index in [1.54, 1.807) is 55.0 Å². The summed E-state index contributed by atoms with van der Waals surface area (Å²) in [5.74, 6) is -0.326. The maximum atomic E-state index is 12.8. The molecule has 8 nitrogen and oxygen atoms in total. The van der Waals surface area contributed by atoms with Crippen LogP contribution in [0, 0.1) is 0 Å². The Hall–Kier alpha value is -3.23. The van der Waals surface area contributed by atoms with Crippen LogP contribution in [-0.2, 0) is 0 Å². The van der Waals surface area contributed by atoms with Gasteiger partial charge in [0.1, 0.15) is 11.9 Å². The first kappa shape index (κ1) is 19.5. The molecule has 1 fully saturated rings. The van der Waals surface area contributed by atoms with Crippen LogP contribution in [0.5, 0.6) is 5.75 Å². The quantitative estimate of drug-likeness (QED) is 0.450. The highest BCUT2D eigenvalue weighted by molar-refractivity contribution is 5.97. The molecule has 1 aliphatic rings. The molecule has 0 radical (unpaired) electrons. The molecule has 2 amide bonds. The van der Waals surface area contributed by atoms with Crippen LogP contribution in [0.25, 0.3) is 0 Å². The minimum atomic E-state index is -0.593. The molecule has 0 atom stereocenters. The van der Waals surface area contributed by atoms with Gasteiger partial charge in [0, 0.05) is 25.7 Å². The van der Waals surface area contributed by atoms with Gasteiger partial charge in [-0.3, -0.25) is 19.7 Å². The summed E-state index contributed by atoms with van der Waals surface area (Å²) in [4.78, 5) is 26.2. The predicted molar refractivity (Wildman–Crippen MR) is 104 cm³/mol. The van der Waals surface area contributed by atoms with E-state index in [4.69, 9.17) is 9.94 Å². The summed E-state index contributed by atoms with van der Waals surface area (Å²) in [6.45, 7) is 1.67. The van der Waals surface area contributed by atoms with E-state index in [1.165, 1.54) is 11.2 Å². The van der Waals surface area contributed by atoms with Crippen LogP contribution < -0.4 is 10.2 Å². The number of likely N-dealkylation sites (N-methyl/N-ethyl adjacent to an activating group) is 1. The zero-order valence-corrected chi connectivity index (χ0v) is 15.7. The van der Waals surface area contributed by atoms with Crippen molar-refractivity contribution in [2.45, 2.75) is 6.10 Å². The summed E-state index contributed by atoms with van der Waals surface area (Å²) in [6.07, 6.45) is 1.60. The number of ether oxygens (including phenoxy) is 1. The van der Waals surface area contributed by atoms with Crippen LogP contribution in [0.1, 0.15) is 26.3 Å². The van der Waals surface area contributed by atoms with Gasteiger partial charge in [-0.25, -0.2) is 10.5 Å². The van der Waals surface area contributed by atoms with E-state index in [0.29, 0.717) is 22.4 Å². The van der Waals surface area contributed by atoms with Crippen molar-refractivity contribution in [3.05, 3.63) is 65.2 Å². The number of hydroxylamine groups is 1. The van der Waals surface area contributed by atoms with Gasteiger partial charge >= 0.3 is 0 Å². The first-order chi connectivity index (χ1) is 13.5. The minimum absolute atomic E-state index is 0.0855. The fourth-order valence-corrected chi connectivity index (χ4v) is 2.81. The molecule has 0 saturated carbocycles. The van der Waals surface area contributed by atoms with Crippen LogP contribution in [0.4, 0.5) is 0 Å². The summed E-state index contributed by atoms with van der Waals surface area (Å²) in [7, 11) is 3.59. The maximum Gasteiger partial charge on any atom is 0.277 e. The highest BCUT2D eigenvalue weighted by atomic mass is 16.5. The Morgan fingerprint density at radius 2 is 1.89 bits per heavy atom. The molecule has 8 heteroatoms. The molecule has 0 bridgehead atoms. The van der Waals surface area contributed by atoms with E-state index < -0.39 is 5.91 Å². The molecule has 28 heavy (non-hydrogen) atoms. The summed E-state index contributed by atoms with van der Waals surface area (Å²) >= 11 is 0. The molecule has 2 aromatic rings. The van der Waals surface area contributed by atoms with Crippen LogP contribution in [0.2, 0.25) is 0 Å². The van der Waals surface area contributed by atoms with Crippen LogP contribution in [-0.4, -0.2) is 66.4 Å². The second kappa shape index (κ2) is 8.64. The van der Waals surface area contributed by atoms with Crippen LogP contribution >= 0.6 is 0 Å². The molecule has 2 aromatic carbocycles. The summed E-state index contributed by atoms with van der Waals surface area (Å²) in [6, 6.07) is 13.5. The van der Waals surface area contributed by atoms with Crippen molar-refractivity contribution < 1.29 is 19.5 Å². The Bertz CT molecular complexity index is 876. The maximum absolute atomic E-state index is 12.8. The van der Waals surface area contributed by atoms with Gasteiger partial charge in [-0.2, -0.15) is 5.10 Å². The number of hydrogen-bond donors (Lipinski definition) is 2. The highest BCUT2D eigenvalue weighted by Gasteiger charge is 2.26. The number of para-hydroxylation sites is 1. The van der Waals surface area contributed by atoms with Gasteiger partial charge in [0.05, 0.1) is 11.8 Å². The second-order valence-electron chi connectivity index (χ2n) is 6.59. The van der Waals surface area contributed by atoms with Gasteiger partial charge in [0.2, 0.25) is 0 Å². The second-order valence-corrected chi connectivity index (χ2v) is 6.59. The van der Waals surface area contributed by atoms with Crippen molar-refractivity contribution in [1.29, 1.82) is 0 Å². The van der Waals surface area contributed by atoms with E-state index in [9.17, 15) is 9.59 Å². The summed E-state index contributed by atoms with van der Waals surface area (Å²) < 4.78 is 5.93. The normalized spacial score (nSPS) is 14.5. The van der Waals surface area contributed by atoms with Crippen molar-refractivity contribution in [2.24, 2.45) is 5.10 Å². The third-order valence-electron chi connectivity index (χ3n) is 4.39. The number of carbonyl (C=O) groups is 2. The van der Waals surface area contributed by atoms with Crippen LogP contribution in [0.3, 0.4) is 0 Å². The van der Waals surface area contributed by atoms with Gasteiger partial charge in [-0.15, -0.1) is 0 Å². The van der Waals surface area contributed by atoms with E-state index in [2.05, 4.69) is 10.0 Å². The molecule has 2 N–H and O–H groups in total. The van der Waals surface area contributed by atoms with Gasteiger partial charge in [0.25, 0.3) is 11.8 Å². The fourth-order valence-electron chi connectivity index (χ4n) is 2.81. The van der Waals surface area contributed by atoms with Gasteiger partial charge in [-0.1, -0.05) is 24.3 Å². The number of hydrazone groups is 1. The molecule has 0 spiro atoms. The smallest absolute Gasteiger partial charge is 0.277 e. The number of benzene rings is 2. The highest BCUT2D eigenvalue weighted by Crippen LogP contribution is 2.23. The largest absolute Gasteiger partial charge is 0.487 e. The first-order valence-corrected chi connectivity index (χ1v) is 8.78. The molecule has 1 aliphatic heterocycles. The molecule has 0 unspecified atom stereocenters. The average Bonchev–Trinajstić information content (AvgIpc) is 2.70. The summed E-state index contributed by atoms with van der Waals surface area (Å²) in [5.41, 5.74) is 3.05. The lowest BCUT2D eigenvalue weighted by Gasteiger charge is -2.36. The number of hydrogen-bond acceptors (Lipinski definition) is 6. The van der Waals surface area contributed by atoms with Crippen molar-refractivity contribution in [1.82, 2.24) is 15.4 Å². The SMILES string of the molecule is CN1CC(Oc2ccccc2C(=O)N(C)N=Cc2ccc(C(=O)NO)cc2)C1. The number of likely N-dealkylation sites (tertiary alicyclic amines) is 1. The zero-order valence-electron chi connectivity index (χ0n) is 15.7. The average molecular weight is 382 g/mol. The van der Waals surface area contributed by atoms with E-state index >= 15 is 0 Å². The molecule has 0 aromatic heterocycles. The molecular formula is C20H22N4O4. The van der Waals surface area contributed by atoms with Gasteiger partial charge < -0.3 is 4.74 Å². The fraction of sp³-hybridized carbons (Fsp3) is 0.250. The molecular weight excluding hydrogens is 360 g/mol. The summed E-state index contributed by atoms with van der Waals surface area (Å²) in [5, 5.41) is 14.0. The molecule has 146 valence electrons. The van der Waals surface area contributed by atoms with Crippen molar-refractivity contribution in [3.8, 4) is 5.75 Å². The predicted octanol–water partition coefficient (Wildman–Crippen LogP) is 1.60. The Balaban J connectivity index is 1.67. The third kappa shape index (κ3) is 4.54. The standard InChI is InChI=1S/C20H22N4O4/c1-23-12-16(13-23)28-18-6-4-3-5-17(18)20(26)24(2)21-11-14-7-9-15(10-8-14)19(25)22-27/h3-11,16,27H,12-13H2,1-2H3,(H,22,25). The lowest BCUT2D eigenvalue weighted by molar-refractivity contribution is 0.0375. The lowest BCUT2D eigenvalue weighted by atomic mass is 10.1. The minimum Gasteiger partial charge on any atom is -0.487 e. The number of nitrogens with zero attached hydrogens (tertiary/aromatic N) is 3. The Morgan fingerprint density at radius 3 is 2.54 bits per heavy atom. The van der Waals surface area contributed by atoms with Gasteiger partial charge in [-0.05, 0) is 36.9 Å². The third-order valence-corrected chi connectivity index (χ3v) is 4.39. The molecule has 1 saturated heterocycles. The molecule has 0 aliphatic carbocycles. The number of nitrogens with one attached hydrogen (secondary N) is 1. The van der Waals surface area contributed by atoms with E-state index in [-0.39, 0.29) is 12.0 Å². The lowest BCUT2D eigenvalue weighted by Crippen LogP contribution is -2.51. The van der Waals surface area contributed by atoms with Crippen molar-refractivity contribution in [3.63, 3.8) is 0 Å². The van der Waals surface area contributed by atoms with E-state index in [0.717, 1.165) is 13.1 Å². The molecule has 1 heterocycles. The zero-order chi connectivity index (χ0) is 20.1. The Labute approximate surface area is 163 Å². The molecule has 3 rings (SSSR count). The first-order valence-electron chi connectivity index (χ1n) is 8.78. The monoisotopic (exact) mass is 382 g/mol. The van der Waals surface area contributed by atoms with Crippen molar-refractivity contribution in [2.75, 3.05) is 27.2 Å². The number of rotatable bonds is 6. The van der Waals surface area contributed by atoms with E-state index in [1.807, 2.05) is 13.1 Å². The van der Waals surface area contributed by atoms with Crippen LogP contribution in [0.15, 0.2) is 53.6 Å². The van der Waals surface area contributed by atoms with Gasteiger partial charge in [0.15, 0.2) is 0 Å². The van der Waals surface area contributed by atoms with Crippen molar-refractivity contribution >= 4 is 18.0 Å². The topological polar surface area (TPSA) is 94.5 Å². The number of amides is 2. The Kier molecular flexibility index (Phi) is 6.03. The Morgan fingerprint density at radius 1 is 1.21 bits per heavy atom.